The molecule has 0 radical (unpaired) electrons. The monoisotopic (exact) mass is 249 g/mol. The summed E-state index contributed by atoms with van der Waals surface area (Å²) in [6, 6.07) is 0.706. The average molecular weight is 249 g/mol. The Morgan fingerprint density at radius 1 is 1.28 bits per heavy atom. The van der Waals surface area contributed by atoms with Crippen LogP contribution in [0.1, 0.15) is 56.7 Å². The van der Waals surface area contributed by atoms with Crippen LogP contribution < -0.4 is 5.73 Å². The molecule has 18 heavy (non-hydrogen) atoms. The molecule has 5 nitrogen and oxygen atoms in total. The van der Waals surface area contributed by atoms with Crippen LogP contribution in [0.25, 0.3) is 0 Å². The van der Waals surface area contributed by atoms with Gasteiger partial charge < -0.3 is 10.6 Å². The van der Waals surface area contributed by atoms with Gasteiger partial charge in [0.05, 0.1) is 6.04 Å². The molecule has 0 aromatic carbocycles. The number of likely N-dealkylation sites (tertiary alicyclic amines) is 1. The Kier molecular flexibility index (Phi) is 3.11. The van der Waals surface area contributed by atoms with E-state index in [1.54, 1.807) is 0 Å². The van der Waals surface area contributed by atoms with E-state index in [1.807, 2.05) is 4.68 Å². The normalized spacial score (nSPS) is 28.9. The van der Waals surface area contributed by atoms with Gasteiger partial charge in [-0.15, -0.1) is 0 Å². The zero-order valence-electron chi connectivity index (χ0n) is 11.3. The number of hydrogen-bond acceptors (Lipinski definition) is 4. The van der Waals surface area contributed by atoms with Gasteiger partial charge in [0, 0.05) is 25.0 Å². The molecule has 2 atom stereocenters. The quantitative estimate of drug-likeness (QED) is 0.857. The molecular formula is C13H23N5. The number of rotatable bonds is 2. The lowest BCUT2D eigenvalue weighted by Gasteiger charge is -2.19. The van der Waals surface area contributed by atoms with Crippen LogP contribution in [0.5, 0.6) is 0 Å². The van der Waals surface area contributed by atoms with Gasteiger partial charge in [0.1, 0.15) is 5.82 Å². The van der Waals surface area contributed by atoms with Gasteiger partial charge >= 0.3 is 0 Å². The van der Waals surface area contributed by atoms with E-state index in [0.29, 0.717) is 12.0 Å². The van der Waals surface area contributed by atoms with Crippen LogP contribution >= 0.6 is 0 Å². The molecule has 3 heterocycles. The number of fused-ring (bicyclic) bond motifs is 1. The fourth-order valence-electron chi connectivity index (χ4n) is 3.04. The van der Waals surface area contributed by atoms with Crippen LogP contribution in [0.15, 0.2) is 0 Å². The predicted molar refractivity (Wildman–Crippen MR) is 70.3 cm³/mol. The maximum Gasteiger partial charge on any atom is 0.155 e. The molecule has 2 unspecified atom stereocenters. The Morgan fingerprint density at radius 3 is 2.78 bits per heavy atom. The number of aromatic nitrogens is 3. The topological polar surface area (TPSA) is 60.0 Å². The van der Waals surface area contributed by atoms with Crippen LogP contribution in [0.3, 0.4) is 0 Å². The maximum atomic E-state index is 6.10. The van der Waals surface area contributed by atoms with Crippen molar-refractivity contribution >= 4 is 0 Å². The summed E-state index contributed by atoms with van der Waals surface area (Å²) in [4.78, 5) is 7.21. The Morgan fingerprint density at radius 2 is 2.11 bits per heavy atom. The van der Waals surface area contributed by atoms with E-state index in [1.165, 1.54) is 6.42 Å². The second-order valence-corrected chi connectivity index (χ2v) is 5.87. The van der Waals surface area contributed by atoms with Gasteiger partial charge in [-0.1, -0.05) is 0 Å². The van der Waals surface area contributed by atoms with E-state index in [4.69, 9.17) is 10.7 Å². The Hall–Kier alpha value is -0.940. The number of nitrogens with zero attached hydrogens (tertiary/aromatic N) is 4. The summed E-state index contributed by atoms with van der Waals surface area (Å²) < 4.78 is 2.03. The molecule has 2 N–H and O–H groups in total. The standard InChI is InChI=1S/C13H23N5/c1-9(2)17-7-5-10(8-17)12-15-13-11(14)4-3-6-18(13)16-12/h9-11H,3-8,14H2,1-2H3. The summed E-state index contributed by atoms with van der Waals surface area (Å²) in [6.45, 7) is 7.75. The van der Waals surface area contributed by atoms with E-state index in [0.717, 1.165) is 44.1 Å². The zero-order valence-corrected chi connectivity index (χ0v) is 11.3. The van der Waals surface area contributed by atoms with Gasteiger partial charge in [-0.3, -0.25) is 0 Å². The van der Waals surface area contributed by atoms with Crippen molar-refractivity contribution in [2.24, 2.45) is 5.73 Å². The SMILES string of the molecule is CC(C)N1CCC(c2nc3n(n2)CCCC3N)C1. The van der Waals surface area contributed by atoms with Gasteiger partial charge in [-0.25, -0.2) is 9.67 Å². The smallest absolute Gasteiger partial charge is 0.155 e. The second kappa shape index (κ2) is 4.63. The zero-order chi connectivity index (χ0) is 12.7. The minimum atomic E-state index is 0.0857. The van der Waals surface area contributed by atoms with Gasteiger partial charge in [-0.05, 0) is 39.7 Å². The summed E-state index contributed by atoms with van der Waals surface area (Å²) in [5, 5.41) is 4.68. The third-order valence-corrected chi connectivity index (χ3v) is 4.25. The lowest BCUT2D eigenvalue weighted by Crippen LogP contribution is -2.28. The van der Waals surface area contributed by atoms with Gasteiger partial charge in [0.15, 0.2) is 5.82 Å². The summed E-state index contributed by atoms with van der Waals surface area (Å²) in [5.41, 5.74) is 6.10. The fraction of sp³-hybridized carbons (Fsp3) is 0.846. The second-order valence-electron chi connectivity index (χ2n) is 5.87. The van der Waals surface area contributed by atoms with Crippen LogP contribution in [0.2, 0.25) is 0 Å². The van der Waals surface area contributed by atoms with E-state index >= 15 is 0 Å². The molecule has 1 aromatic rings. The van der Waals surface area contributed by atoms with Crippen LogP contribution in [0, 0.1) is 0 Å². The van der Waals surface area contributed by atoms with Crippen molar-refractivity contribution < 1.29 is 0 Å². The highest BCUT2D eigenvalue weighted by Gasteiger charge is 2.30. The molecule has 5 heteroatoms. The van der Waals surface area contributed by atoms with Crippen molar-refractivity contribution in [1.29, 1.82) is 0 Å². The van der Waals surface area contributed by atoms with Crippen LogP contribution in [-0.2, 0) is 6.54 Å². The lowest BCUT2D eigenvalue weighted by molar-refractivity contribution is 0.272. The first-order valence-corrected chi connectivity index (χ1v) is 7.09. The van der Waals surface area contributed by atoms with Crippen LogP contribution in [0.4, 0.5) is 0 Å². The first-order valence-electron chi connectivity index (χ1n) is 7.09. The summed E-state index contributed by atoms with van der Waals surface area (Å²) in [6.07, 6.45) is 3.34. The Bertz CT molecular complexity index is 425. The summed E-state index contributed by atoms with van der Waals surface area (Å²) in [5.74, 6) is 2.52. The largest absolute Gasteiger partial charge is 0.321 e. The lowest BCUT2D eigenvalue weighted by atomic mass is 10.1. The van der Waals surface area contributed by atoms with Crippen molar-refractivity contribution in [2.45, 2.75) is 57.7 Å². The molecule has 2 aliphatic heterocycles. The molecule has 1 saturated heterocycles. The number of hydrogen-bond donors (Lipinski definition) is 1. The highest BCUT2D eigenvalue weighted by molar-refractivity contribution is 5.07. The van der Waals surface area contributed by atoms with E-state index in [9.17, 15) is 0 Å². The average Bonchev–Trinajstić information content (AvgIpc) is 2.95. The minimum Gasteiger partial charge on any atom is -0.321 e. The maximum absolute atomic E-state index is 6.10. The summed E-state index contributed by atoms with van der Waals surface area (Å²) >= 11 is 0. The first-order chi connectivity index (χ1) is 8.65. The molecule has 0 amide bonds. The molecule has 2 aliphatic rings. The Balaban J connectivity index is 1.78. The van der Waals surface area contributed by atoms with Crippen molar-refractivity contribution in [3.05, 3.63) is 11.6 Å². The molecule has 100 valence electrons. The molecule has 0 saturated carbocycles. The predicted octanol–water partition coefficient (Wildman–Crippen LogP) is 1.27. The van der Waals surface area contributed by atoms with Gasteiger partial charge in [-0.2, -0.15) is 5.10 Å². The van der Waals surface area contributed by atoms with Crippen molar-refractivity contribution in [1.82, 2.24) is 19.7 Å². The van der Waals surface area contributed by atoms with Gasteiger partial charge in [0.2, 0.25) is 0 Å². The molecule has 0 spiro atoms. The Labute approximate surface area is 108 Å². The van der Waals surface area contributed by atoms with Crippen molar-refractivity contribution in [2.75, 3.05) is 13.1 Å². The highest BCUT2D eigenvalue weighted by atomic mass is 15.4. The van der Waals surface area contributed by atoms with E-state index in [-0.39, 0.29) is 6.04 Å². The third kappa shape index (κ3) is 2.06. The molecule has 0 bridgehead atoms. The minimum absolute atomic E-state index is 0.0857. The molecule has 1 fully saturated rings. The van der Waals surface area contributed by atoms with Crippen molar-refractivity contribution in [3.8, 4) is 0 Å². The number of nitrogens with two attached hydrogens (primary N) is 1. The molecule has 0 aliphatic carbocycles. The highest BCUT2D eigenvalue weighted by Crippen LogP contribution is 2.28. The van der Waals surface area contributed by atoms with Gasteiger partial charge in [0.25, 0.3) is 0 Å². The van der Waals surface area contributed by atoms with E-state index in [2.05, 4.69) is 23.8 Å². The van der Waals surface area contributed by atoms with E-state index < -0.39 is 0 Å². The molecular weight excluding hydrogens is 226 g/mol. The molecule has 1 aromatic heterocycles. The molecule has 3 rings (SSSR count). The first kappa shape index (κ1) is 12.1. The number of aryl methyl sites for hydroxylation is 1. The van der Waals surface area contributed by atoms with Crippen molar-refractivity contribution in [3.63, 3.8) is 0 Å². The van der Waals surface area contributed by atoms with Crippen LogP contribution in [-0.4, -0.2) is 38.8 Å². The fourth-order valence-corrected chi connectivity index (χ4v) is 3.04. The summed E-state index contributed by atoms with van der Waals surface area (Å²) in [7, 11) is 0. The third-order valence-electron chi connectivity index (χ3n) is 4.25.